The number of ketones is 1. The number of carbonyl (C=O) groups is 2. The fraction of sp³-hybridized carbons (Fsp3) is 0.160. The van der Waals surface area contributed by atoms with Gasteiger partial charge in [0.05, 0.1) is 40.2 Å². The number of aryl methyl sites for hydroxylation is 2. The van der Waals surface area contributed by atoms with E-state index >= 15 is 0 Å². The van der Waals surface area contributed by atoms with Gasteiger partial charge in [0.25, 0.3) is 11.7 Å². The summed E-state index contributed by atoms with van der Waals surface area (Å²) in [5.41, 5.74) is 2.89. The van der Waals surface area contributed by atoms with Gasteiger partial charge >= 0.3 is 0 Å². The van der Waals surface area contributed by atoms with Gasteiger partial charge in [-0.2, -0.15) is 0 Å². The first-order valence-electron chi connectivity index (χ1n) is 10.5. The Kier molecular flexibility index (Phi) is 5.46. The molecule has 1 aliphatic heterocycles. The van der Waals surface area contributed by atoms with Gasteiger partial charge in [-0.25, -0.2) is 4.98 Å². The van der Waals surface area contributed by atoms with E-state index in [1.54, 1.807) is 37.3 Å². The fourth-order valence-electron chi connectivity index (χ4n) is 4.32. The van der Waals surface area contributed by atoms with Crippen LogP contribution in [-0.2, 0) is 16.1 Å². The van der Waals surface area contributed by atoms with Gasteiger partial charge in [0.15, 0.2) is 5.76 Å². The Morgan fingerprint density at radius 2 is 1.91 bits per heavy atom. The van der Waals surface area contributed by atoms with Gasteiger partial charge in [-0.1, -0.05) is 35.3 Å². The van der Waals surface area contributed by atoms with Gasteiger partial charge in [-0.05, 0) is 55.3 Å². The molecule has 1 atom stereocenters. The molecule has 1 unspecified atom stereocenters. The number of hydrogen-bond donors (Lipinski definition) is 1. The Hall–Kier alpha value is -3.55. The molecule has 1 fully saturated rings. The van der Waals surface area contributed by atoms with E-state index in [0.717, 1.165) is 5.56 Å². The number of nitrogens with zero attached hydrogens (tertiary/aromatic N) is 3. The summed E-state index contributed by atoms with van der Waals surface area (Å²) in [7, 11) is 0. The van der Waals surface area contributed by atoms with Crippen LogP contribution in [0, 0.1) is 13.8 Å². The van der Waals surface area contributed by atoms with E-state index < -0.39 is 17.7 Å². The Morgan fingerprint density at radius 1 is 1.12 bits per heavy atom. The van der Waals surface area contributed by atoms with Crippen molar-refractivity contribution in [2.45, 2.75) is 26.4 Å². The SMILES string of the molecule is Cc1cccn2c(C)c(C(O)=C3C(=O)C(=O)N(Cc4ccco4)C3c3ccc(Cl)c(Cl)c3)nc12. The molecule has 34 heavy (non-hydrogen) atoms. The predicted molar refractivity (Wildman–Crippen MR) is 128 cm³/mol. The Labute approximate surface area is 204 Å². The second-order valence-electron chi connectivity index (χ2n) is 8.11. The topological polar surface area (TPSA) is 88.0 Å². The Bertz CT molecular complexity index is 1490. The van der Waals surface area contributed by atoms with Crippen molar-refractivity contribution in [3.05, 3.63) is 98.8 Å². The lowest BCUT2D eigenvalue weighted by Crippen LogP contribution is -2.29. The summed E-state index contributed by atoms with van der Waals surface area (Å²) in [5.74, 6) is -1.43. The molecule has 4 heterocycles. The van der Waals surface area contributed by atoms with Crippen molar-refractivity contribution in [1.29, 1.82) is 0 Å². The highest BCUT2D eigenvalue weighted by atomic mass is 35.5. The van der Waals surface area contributed by atoms with Crippen molar-refractivity contribution in [2.24, 2.45) is 0 Å². The first-order chi connectivity index (χ1) is 16.3. The second kappa shape index (κ2) is 8.34. The van der Waals surface area contributed by atoms with Crippen molar-refractivity contribution >= 4 is 46.3 Å². The van der Waals surface area contributed by atoms with Gasteiger partial charge in [-0.15, -0.1) is 0 Å². The standard InChI is InChI=1S/C25H19Cl2N3O4/c1-13-5-3-9-29-14(2)20(28-24(13)29)22(31)19-21(15-7-8-17(26)18(27)11-15)30(25(33)23(19)32)12-16-6-4-10-34-16/h3-11,21,31H,12H2,1-2H3. The molecule has 7 nitrogen and oxygen atoms in total. The molecule has 0 spiro atoms. The molecule has 1 N–H and O–H groups in total. The van der Waals surface area contributed by atoms with Crippen LogP contribution in [0.4, 0.5) is 0 Å². The van der Waals surface area contributed by atoms with E-state index in [1.807, 2.05) is 29.7 Å². The van der Waals surface area contributed by atoms with Crippen LogP contribution in [-0.4, -0.2) is 31.1 Å². The van der Waals surface area contributed by atoms with Crippen LogP contribution < -0.4 is 0 Å². The molecule has 3 aromatic heterocycles. The number of likely N-dealkylation sites (tertiary alicyclic amines) is 1. The van der Waals surface area contributed by atoms with Crippen molar-refractivity contribution < 1.29 is 19.1 Å². The first-order valence-corrected chi connectivity index (χ1v) is 11.2. The van der Waals surface area contributed by atoms with Gasteiger partial charge in [0.1, 0.15) is 17.1 Å². The molecule has 0 radical (unpaired) electrons. The van der Waals surface area contributed by atoms with Crippen molar-refractivity contribution in [1.82, 2.24) is 14.3 Å². The van der Waals surface area contributed by atoms with E-state index in [2.05, 4.69) is 4.98 Å². The number of Topliss-reactive ketones (excluding diaryl/α,β-unsaturated/α-hetero) is 1. The van der Waals surface area contributed by atoms with Crippen LogP contribution in [0.3, 0.4) is 0 Å². The first kappa shape index (κ1) is 22.3. The maximum atomic E-state index is 13.3. The molecule has 4 aromatic rings. The lowest BCUT2D eigenvalue weighted by atomic mass is 9.96. The summed E-state index contributed by atoms with van der Waals surface area (Å²) in [5, 5.41) is 12.0. The molecular formula is C25H19Cl2N3O4. The van der Waals surface area contributed by atoms with Crippen molar-refractivity contribution in [3.63, 3.8) is 0 Å². The third-order valence-electron chi connectivity index (χ3n) is 6.01. The van der Waals surface area contributed by atoms with Crippen LogP contribution >= 0.6 is 23.2 Å². The van der Waals surface area contributed by atoms with Gasteiger partial charge in [0, 0.05) is 6.20 Å². The number of imidazole rings is 1. The van der Waals surface area contributed by atoms with Crippen LogP contribution in [0.2, 0.25) is 10.0 Å². The van der Waals surface area contributed by atoms with E-state index in [-0.39, 0.29) is 28.6 Å². The number of furan rings is 1. The number of amides is 1. The quantitative estimate of drug-likeness (QED) is 0.230. The molecular weight excluding hydrogens is 477 g/mol. The minimum Gasteiger partial charge on any atom is -0.505 e. The Morgan fingerprint density at radius 3 is 2.59 bits per heavy atom. The van der Waals surface area contributed by atoms with E-state index in [9.17, 15) is 14.7 Å². The number of fused-ring (bicyclic) bond motifs is 1. The van der Waals surface area contributed by atoms with Gasteiger partial charge in [-0.3, -0.25) is 9.59 Å². The number of carbonyl (C=O) groups excluding carboxylic acids is 2. The maximum Gasteiger partial charge on any atom is 0.296 e. The van der Waals surface area contributed by atoms with E-state index in [4.69, 9.17) is 27.6 Å². The zero-order chi connectivity index (χ0) is 24.1. The van der Waals surface area contributed by atoms with Crippen LogP contribution in [0.25, 0.3) is 11.4 Å². The van der Waals surface area contributed by atoms with Crippen LogP contribution in [0.1, 0.15) is 34.3 Å². The minimum atomic E-state index is -0.912. The zero-order valence-corrected chi connectivity index (χ0v) is 19.8. The van der Waals surface area contributed by atoms with E-state index in [1.165, 1.54) is 11.2 Å². The molecule has 1 aliphatic rings. The normalized spacial score (nSPS) is 17.8. The summed E-state index contributed by atoms with van der Waals surface area (Å²) in [6.07, 6.45) is 3.32. The molecule has 0 saturated carbocycles. The second-order valence-corrected chi connectivity index (χ2v) is 8.92. The molecule has 9 heteroatoms. The van der Waals surface area contributed by atoms with Crippen LogP contribution in [0.15, 0.2) is 64.9 Å². The van der Waals surface area contributed by atoms with Crippen molar-refractivity contribution in [3.8, 4) is 0 Å². The summed E-state index contributed by atoms with van der Waals surface area (Å²) in [4.78, 5) is 32.3. The average Bonchev–Trinajstić information content (AvgIpc) is 3.51. The van der Waals surface area contributed by atoms with Gasteiger partial charge < -0.3 is 18.8 Å². The summed E-state index contributed by atoms with van der Waals surface area (Å²) >= 11 is 12.4. The highest BCUT2D eigenvalue weighted by molar-refractivity contribution is 6.46. The highest BCUT2D eigenvalue weighted by Gasteiger charge is 2.47. The number of halogens is 2. The number of aliphatic hydroxyl groups is 1. The van der Waals surface area contributed by atoms with E-state index in [0.29, 0.717) is 27.7 Å². The number of aliphatic hydroxyl groups excluding tert-OH is 1. The minimum absolute atomic E-state index is 0.0303. The zero-order valence-electron chi connectivity index (χ0n) is 18.3. The molecule has 1 aromatic carbocycles. The number of hydrogen-bond acceptors (Lipinski definition) is 5. The largest absolute Gasteiger partial charge is 0.505 e. The summed E-state index contributed by atoms with van der Waals surface area (Å²) in [6.45, 7) is 3.73. The monoisotopic (exact) mass is 495 g/mol. The summed E-state index contributed by atoms with van der Waals surface area (Å²) in [6, 6.07) is 11.1. The van der Waals surface area contributed by atoms with Crippen molar-refractivity contribution in [2.75, 3.05) is 0 Å². The number of rotatable bonds is 4. The third-order valence-corrected chi connectivity index (χ3v) is 6.75. The highest BCUT2D eigenvalue weighted by Crippen LogP contribution is 2.42. The lowest BCUT2D eigenvalue weighted by Gasteiger charge is -2.24. The van der Waals surface area contributed by atoms with Crippen LogP contribution in [0.5, 0.6) is 0 Å². The maximum absolute atomic E-state index is 13.3. The van der Waals surface area contributed by atoms with Gasteiger partial charge in [0.2, 0.25) is 0 Å². The molecule has 1 saturated heterocycles. The fourth-order valence-corrected chi connectivity index (χ4v) is 4.62. The number of benzene rings is 1. The Balaban J connectivity index is 1.73. The molecule has 0 bridgehead atoms. The molecule has 0 aliphatic carbocycles. The number of pyridine rings is 1. The smallest absolute Gasteiger partial charge is 0.296 e. The third kappa shape index (κ3) is 3.48. The molecule has 172 valence electrons. The molecule has 1 amide bonds. The molecule has 5 rings (SSSR count). The lowest BCUT2D eigenvalue weighted by molar-refractivity contribution is -0.140. The average molecular weight is 496 g/mol. The summed E-state index contributed by atoms with van der Waals surface area (Å²) < 4.78 is 7.24. The number of aromatic nitrogens is 2. The predicted octanol–water partition coefficient (Wildman–Crippen LogP) is 5.47.